The maximum absolute atomic E-state index is 11.6. The molecule has 1 atom stereocenters. The summed E-state index contributed by atoms with van der Waals surface area (Å²) in [5.41, 5.74) is -0.296. The molecule has 1 aromatic heterocycles. The minimum Gasteiger partial charge on any atom is -0.388 e. The minimum absolute atomic E-state index is 0.193. The summed E-state index contributed by atoms with van der Waals surface area (Å²) in [6.07, 6.45) is 3.73. The van der Waals surface area contributed by atoms with Crippen LogP contribution in [-0.2, 0) is 7.05 Å². The number of hydrogen-bond acceptors (Lipinski definition) is 4. The van der Waals surface area contributed by atoms with Gasteiger partial charge in [-0.05, 0) is 41.6 Å². The molecule has 0 bridgehead atoms. The number of rotatable bonds is 4. The lowest BCUT2D eigenvalue weighted by Gasteiger charge is -2.24. The average molecular weight is 302 g/mol. The second kappa shape index (κ2) is 4.42. The van der Waals surface area contributed by atoms with Gasteiger partial charge in [0, 0.05) is 13.6 Å². The molecule has 1 aliphatic rings. The van der Waals surface area contributed by atoms with E-state index in [2.05, 4.69) is 26.3 Å². The highest BCUT2D eigenvalue weighted by Crippen LogP contribution is 2.39. The van der Waals surface area contributed by atoms with E-state index in [1.165, 1.54) is 4.68 Å². The van der Waals surface area contributed by atoms with E-state index in [4.69, 9.17) is 0 Å². The zero-order chi connectivity index (χ0) is 12.6. The van der Waals surface area contributed by atoms with Crippen LogP contribution in [0, 0.1) is 5.92 Å². The maximum Gasteiger partial charge on any atom is 0.282 e. The van der Waals surface area contributed by atoms with Crippen LogP contribution in [0.2, 0.25) is 0 Å². The third-order valence-corrected chi connectivity index (χ3v) is 3.94. The SMILES string of the molecule is Cn1ncc(NCC(C)(O)C2CC2)c(Br)c1=O. The zero-order valence-corrected chi connectivity index (χ0v) is 11.5. The van der Waals surface area contributed by atoms with Gasteiger partial charge in [-0.3, -0.25) is 4.79 Å². The van der Waals surface area contributed by atoms with Gasteiger partial charge >= 0.3 is 0 Å². The number of halogens is 1. The van der Waals surface area contributed by atoms with Gasteiger partial charge in [-0.1, -0.05) is 0 Å². The smallest absolute Gasteiger partial charge is 0.282 e. The van der Waals surface area contributed by atoms with Crippen molar-refractivity contribution in [1.82, 2.24) is 9.78 Å². The van der Waals surface area contributed by atoms with Crippen LogP contribution in [0.15, 0.2) is 15.5 Å². The van der Waals surface area contributed by atoms with E-state index < -0.39 is 5.60 Å². The van der Waals surface area contributed by atoms with Gasteiger partial charge in [-0.15, -0.1) is 0 Å². The summed E-state index contributed by atoms with van der Waals surface area (Å²) in [6, 6.07) is 0. The molecule has 0 amide bonds. The molecule has 1 heterocycles. The molecule has 0 saturated heterocycles. The summed E-state index contributed by atoms with van der Waals surface area (Å²) in [7, 11) is 1.59. The fraction of sp³-hybridized carbons (Fsp3) is 0.636. The molecule has 0 radical (unpaired) electrons. The lowest BCUT2D eigenvalue weighted by atomic mass is 10.0. The molecule has 0 aromatic carbocycles. The van der Waals surface area contributed by atoms with Gasteiger partial charge in [-0.25, -0.2) is 4.68 Å². The van der Waals surface area contributed by atoms with Crippen LogP contribution in [0.25, 0.3) is 0 Å². The van der Waals surface area contributed by atoms with E-state index in [-0.39, 0.29) is 5.56 Å². The lowest BCUT2D eigenvalue weighted by molar-refractivity contribution is 0.0503. The molecule has 2 rings (SSSR count). The van der Waals surface area contributed by atoms with Crippen LogP contribution >= 0.6 is 15.9 Å². The van der Waals surface area contributed by atoms with Crippen LogP contribution in [0.4, 0.5) is 5.69 Å². The summed E-state index contributed by atoms with van der Waals surface area (Å²) < 4.78 is 1.70. The topological polar surface area (TPSA) is 67.2 Å². The fourth-order valence-electron chi connectivity index (χ4n) is 1.76. The highest BCUT2D eigenvalue weighted by molar-refractivity contribution is 9.10. The Morgan fingerprint density at radius 3 is 2.94 bits per heavy atom. The summed E-state index contributed by atoms with van der Waals surface area (Å²) >= 11 is 3.23. The first kappa shape index (κ1) is 12.6. The van der Waals surface area contributed by atoms with Crippen LogP contribution in [0.1, 0.15) is 19.8 Å². The number of nitrogens with zero attached hydrogens (tertiary/aromatic N) is 2. The van der Waals surface area contributed by atoms with E-state index in [1.807, 2.05) is 6.92 Å². The minimum atomic E-state index is -0.722. The van der Waals surface area contributed by atoms with Crippen molar-refractivity contribution in [2.45, 2.75) is 25.4 Å². The highest BCUT2D eigenvalue weighted by Gasteiger charge is 2.39. The summed E-state index contributed by atoms with van der Waals surface area (Å²) in [5, 5.41) is 17.1. The molecule has 1 saturated carbocycles. The first-order valence-electron chi connectivity index (χ1n) is 5.60. The van der Waals surface area contributed by atoms with E-state index in [0.717, 1.165) is 12.8 Å². The van der Waals surface area contributed by atoms with E-state index in [9.17, 15) is 9.90 Å². The number of aryl methyl sites for hydroxylation is 1. The van der Waals surface area contributed by atoms with Crippen molar-refractivity contribution in [1.29, 1.82) is 0 Å². The molecular weight excluding hydrogens is 286 g/mol. The van der Waals surface area contributed by atoms with Gasteiger partial charge in [0.2, 0.25) is 0 Å². The zero-order valence-electron chi connectivity index (χ0n) is 9.90. The van der Waals surface area contributed by atoms with Crippen molar-refractivity contribution >= 4 is 21.6 Å². The second-order valence-corrected chi connectivity index (χ2v) is 5.58. The summed E-state index contributed by atoms with van der Waals surface area (Å²) in [4.78, 5) is 11.6. The highest BCUT2D eigenvalue weighted by atomic mass is 79.9. The molecule has 0 spiro atoms. The Hall–Kier alpha value is -0.880. The molecule has 1 aromatic rings. The van der Waals surface area contributed by atoms with E-state index in [0.29, 0.717) is 22.6 Å². The third kappa shape index (κ3) is 2.69. The van der Waals surface area contributed by atoms with Crippen LogP contribution in [0.5, 0.6) is 0 Å². The molecule has 0 aliphatic heterocycles. The van der Waals surface area contributed by atoms with Crippen LogP contribution in [0.3, 0.4) is 0 Å². The van der Waals surface area contributed by atoms with Crippen molar-refractivity contribution in [2.75, 3.05) is 11.9 Å². The average Bonchev–Trinajstić information content (AvgIpc) is 3.09. The number of hydrogen-bond donors (Lipinski definition) is 2. The number of anilines is 1. The molecule has 1 aliphatic carbocycles. The molecule has 1 fully saturated rings. The third-order valence-electron chi connectivity index (χ3n) is 3.17. The predicted molar refractivity (Wildman–Crippen MR) is 69.0 cm³/mol. The van der Waals surface area contributed by atoms with Gasteiger partial charge in [0.05, 0.1) is 17.5 Å². The van der Waals surface area contributed by atoms with Crippen LogP contribution < -0.4 is 10.9 Å². The van der Waals surface area contributed by atoms with Gasteiger partial charge in [0.25, 0.3) is 5.56 Å². The molecule has 17 heavy (non-hydrogen) atoms. The monoisotopic (exact) mass is 301 g/mol. The molecule has 94 valence electrons. The van der Waals surface area contributed by atoms with Crippen LogP contribution in [-0.4, -0.2) is 27.0 Å². The normalized spacial score (nSPS) is 18.8. The number of nitrogens with one attached hydrogen (secondary N) is 1. The van der Waals surface area contributed by atoms with Crippen molar-refractivity contribution in [3.05, 3.63) is 21.0 Å². The van der Waals surface area contributed by atoms with E-state index in [1.54, 1.807) is 13.2 Å². The predicted octanol–water partition coefficient (Wildman–Crippen LogP) is 1.12. The number of aliphatic hydroxyl groups is 1. The van der Waals surface area contributed by atoms with Gasteiger partial charge in [0.15, 0.2) is 0 Å². The van der Waals surface area contributed by atoms with E-state index >= 15 is 0 Å². The quantitative estimate of drug-likeness (QED) is 0.874. The first-order valence-corrected chi connectivity index (χ1v) is 6.39. The lowest BCUT2D eigenvalue weighted by Crippen LogP contribution is -2.36. The Morgan fingerprint density at radius 1 is 1.71 bits per heavy atom. The second-order valence-electron chi connectivity index (χ2n) is 4.79. The Labute approximate surface area is 108 Å². The maximum atomic E-state index is 11.6. The Kier molecular flexibility index (Phi) is 3.27. The fourth-order valence-corrected chi connectivity index (χ4v) is 2.26. The Balaban J connectivity index is 2.09. The summed E-state index contributed by atoms with van der Waals surface area (Å²) in [5.74, 6) is 0.369. The Bertz CT molecular complexity index is 480. The molecule has 1 unspecified atom stereocenters. The Morgan fingerprint density at radius 2 is 2.35 bits per heavy atom. The first-order chi connectivity index (χ1) is 7.92. The molecular formula is C11H16BrN3O2. The van der Waals surface area contributed by atoms with Crippen molar-refractivity contribution in [3.8, 4) is 0 Å². The van der Waals surface area contributed by atoms with Crippen molar-refractivity contribution in [3.63, 3.8) is 0 Å². The summed E-state index contributed by atoms with van der Waals surface area (Å²) in [6.45, 7) is 2.24. The molecule has 6 heteroatoms. The number of aromatic nitrogens is 2. The molecule has 5 nitrogen and oxygen atoms in total. The largest absolute Gasteiger partial charge is 0.388 e. The molecule has 2 N–H and O–H groups in total. The standard InChI is InChI=1S/C11H16BrN3O2/c1-11(17,7-3-4-7)6-13-8-5-14-15(2)10(16)9(8)12/h5,7,13,17H,3-4,6H2,1-2H3. The van der Waals surface area contributed by atoms with Crippen molar-refractivity contribution < 1.29 is 5.11 Å². The van der Waals surface area contributed by atoms with Gasteiger partial charge in [-0.2, -0.15) is 5.10 Å². The van der Waals surface area contributed by atoms with Crippen molar-refractivity contribution in [2.24, 2.45) is 13.0 Å². The van der Waals surface area contributed by atoms with Gasteiger partial charge in [0.1, 0.15) is 4.47 Å². The van der Waals surface area contributed by atoms with Gasteiger partial charge < -0.3 is 10.4 Å².